The fourth-order valence-corrected chi connectivity index (χ4v) is 3.42. The van der Waals surface area contributed by atoms with Gasteiger partial charge in [-0.05, 0) is 44.9 Å². The lowest BCUT2D eigenvalue weighted by molar-refractivity contribution is 0.0625. The van der Waals surface area contributed by atoms with Gasteiger partial charge in [0.05, 0.1) is 6.10 Å². The molecule has 0 aromatic carbocycles. The molecule has 0 aromatic heterocycles. The average molecular weight is 311 g/mol. The predicted octanol–water partition coefficient (Wildman–Crippen LogP) is 1.86. The van der Waals surface area contributed by atoms with Gasteiger partial charge in [-0.1, -0.05) is 6.42 Å². The Morgan fingerprint density at radius 1 is 1.27 bits per heavy atom. The third kappa shape index (κ3) is 5.43. The predicted molar refractivity (Wildman–Crippen MR) is 90.1 cm³/mol. The van der Waals surface area contributed by atoms with Gasteiger partial charge < -0.3 is 20.1 Å². The highest BCUT2D eigenvalue weighted by molar-refractivity contribution is 5.79. The van der Waals surface area contributed by atoms with Crippen molar-refractivity contribution in [3.05, 3.63) is 0 Å². The summed E-state index contributed by atoms with van der Waals surface area (Å²) in [7, 11) is 2.12. The van der Waals surface area contributed by atoms with Gasteiger partial charge in [0.1, 0.15) is 0 Å². The van der Waals surface area contributed by atoms with E-state index in [-0.39, 0.29) is 6.10 Å². The van der Waals surface area contributed by atoms with Crippen LogP contribution in [-0.2, 0) is 4.74 Å². The maximum atomic E-state index is 9.93. The highest BCUT2D eigenvalue weighted by Crippen LogP contribution is 2.25. The fraction of sp³-hybridized carbons (Fsp3) is 0.941. The van der Waals surface area contributed by atoms with Crippen LogP contribution in [0.2, 0.25) is 0 Å². The minimum atomic E-state index is -0.154. The van der Waals surface area contributed by atoms with Crippen molar-refractivity contribution in [3.63, 3.8) is 0 Å². The Morgan fingerprint density at radius 2 is 2.05 bits per heavy atom. The summed E-state index contributed by atoms with van der Waals surface area (Å²) in [6, 6.07) is 0. The minimum Gasteiger partial charge on any atom is -0.393 e. The number of hydrogen-bond donors (Lipinski definition) is 2. The number of guanidine groups is 1. The summed E-state index contributed by atoms with van der Waals surface area (Å²) in [5.41, 5.74) is 0. The summed E-state index contributed by atoms with van der Waals surface area (Å²) in [4.78, 5) is 6.99. The van der Waals surface area contributed by atoms with Crippen LogP contribution in [0, 0.1) is 11.8 Å². The van der Waals surface area contributed by atoms with Gasteiger partial charge in [-0.3, -0.25) is 4.99 Å². The normalized spacial score (nSPS) is 27.1. The number of nitrogens with one attached hydrogen (secondary N) is 1. The summed E-state index contributed by atoms with van der Waals surface area (Å²) >= 11 is 0. The summed E-state index contributed by atoms with van der Waals surface area (Å²) in [5.74, 6) is 2.11. The molecule has 0 unspecified atom stereocenters. The van der Waals surface area contributed by atoms with E-state index in [1.54, 1.807) is 0 Å². The molecule has 1 saturated carbocycles. The van der Waals surface area contributed by atoms with Gasteiger partial charge in [-0.15, -0.1) is 0 Å². The first kappa shape index (κ1) is 17.5. The van der Waals surface area contributed by atoms with Crippen molar-refractivity contribution < 1.29 is 9.84 Å². The number of hydrogen-bond acceptors (Lipinski definition) is 3. The second-order valence-electron chi connectivity index (χ2n) is 6.72. The summed E-state index contributed by atoms with van der Waals surface area (Å²) in [6.45, 7) is 6.60. The van der Waals surface area contributed by atoms with E-state index in [0.717, 1.165) is 64.0 Å². The number of aliphatic hydroxyl groups excluding tert-OH is 1. The van der Waals surface area contributed by atoms with E-state index in [1.165, 1.54) is 19.3 Å². The molecule has 0 aromatic rings. The Bertz CT molecular complexity index is 343. The van der Waals surface area contributed by atoms with E-state index in [0.29, 0.717) is 5.92 Å². The molecular formula is C17H33N3O2. The molecule has 22 heavy (non-hydrogen) atoms. The lowest BCUT2D eigenvalue weighted by Gasteiger charge is -2.27. The molecular weight excluding hydrogens is 278 g/mol. The monoisotopic (exact) mass is 311 g/mol. The molecule has 1 aliphatic carbocycles. The van der Waals surface area contributed by atoms with E-state index in [2.05, 4.69) is 24.2 Å². The zero-order valence-corrected chi connectivity index (χ0v) is 14.3. The Morgan fingerprint density at radius 3 is 2.68 bits per heavy atom. The summed E-state index contributed by atoms with van der Waals surface area (Å²) < 4.78 is 5.42. The van der Waals surface area contributed by atoms with E-state index < -0.39 is 0 Å². The molecule has 2 rings (SSSR count). The summed E-state index contributed by atoms with van der Waals surface area (Å²) in [5, 5.41) is 13.3. The van der Waals surface area contributed by atoms with Gasteiger partial charge in [-0.2, -0.15) is 0 Å². The topological polar surface area (TPSA) is 57.1 Å². The lowest BCUT2D eigenvalue weighted by atomic mass is 9.96. The van der Waals surface area contributed by atoms with Crippen LogP contribution in [0.15, 0.2) is 4.99 Å². The zero-order chi connectivity index (χ0) is 15.8. The van der Waals surface area contributed by atoms with Crippen molar-refractivity contribution in [3.8, 4) is 0 Å². The molecule has 0 radical (unpaired) electrons. The third-order valence-corrected chi connectivity index (χ3v) is 5.00. The Hall–Kier alpha value is -0.810. The van der Waals surface area contributed by atoms with Crippen molar-refractivity contribution in [2.45, 2.75) is 51.6 Å². The standard InChI is InChI=1S/C17H33N3O2/c1-3-18-17(19-13-15-5-4-6-16(15)21)20(2)10-7-14-8-11-22-12-9-14/h14-16,21H,3-13H2,1-2H3,(H,18,19)/t15-,16+/m0/s1. The van der Waals surface area contributed by atoms with Gasteiger partial charge in [-0.25, -0.2) is 0 Å². The molecule has 1 heterocycles. The molecule has 0 bridgehead atoms. The molecule has 0 amide bonds. The molecule has 2 aliphatic rings. The van der Waals surface area contributed by atoms with Gasteiger partial charge in [0.2, 0.25) is 0 Å². The van der Waals surface area contributed by atoms with Gasteiger partial charge in [0.15, 0.2) is 5.96 Å². The first-order valence-electron chi connectivity index (χ1n) is 8.96. The second-order valence-corrected chi connectivity index (χ2v) is 6.72. The largest absolute Gasteiger partial charge is 0.393 e. The molecule has 1 aliphatic heterocycles. The van der Waals surface area contributed by atoms with Crippen LogP contribution in [0.4, 0.5) is 0 Å². The molecule has 2 N–H and O–H groups in total. The first-order valence-corrected chi connectivity index (χ1v) is 8.96. The first-order chi connectivity index (χ1) is 10.7. The zero-order valence-electron chi connectivity index (χ0n) is 14.3. The Kier molecular flexibility index (Phi) is 7.46. The maximum absolute atomic E-state index is 9.93. The van der Waals surface area contributed by atoms with Crippen LogP contribution >= 0.6 is 0 Å². The molecule has 128 valence electrons. The fourth-order valence-electron chi connectivity index (χ4n) is 3.42. The minimum absolute atomic E-state index is 0.154. The molecule has 5 nitrogen and oxygen atoms in total. The van der Waals surface area contributed by atoms with Crippen LogP contribution in [0.25, 0.3) is 0 Å². The summed E-state index contributed by atoms with van der Waals surface area (Å²) in [6.07, 6.45) is 6.62. The highest BCUT2D eigenvalue weighted by atomic mass is 16.5. The molecule has 1 saturated heterocycles. The Labute approximate surface area is 135 Å². The molecule has 5 heteroatoms. The average Bonchev–Trinajstić information content (AvgIpc) is 2.95. The van der Waals surface area contributed by atoms with Crippen molar-refractivity contribution >= 4 is 5.96 Å². The van der Waals surface area contributed by atoms with E-state index in [9.17, 15) is 5.11 Å². The van der Waals surface area contributed by atoms with Crippen molar-refractivity contribution in [1.82, 2.24) is 10.2 Å². The molecule has 2 atom stereocenters. The van der Waals surface area contributed by atoms with Gasteiger partial charge >= 0.3 is 0 Å². The third-order valence-electron chi connectivity index (χ3n) is 5.00. The molecule has 0 spiro atoms. The van der Waals surface area contributed by atoms with Gasteiger partial charge in [0, 0.05) is 45.8 Å². The SMILES string of the molecule is CCNC(=NC[C@@H]1CCC[C@H]1O)N(C)CCC1CCOCC1. The van der Waals surface area contributed by atoms with Crippen molar-refractivity contribution in [2.75, 3.05) is 39.9 Å². The number of nitrogens with zero attached hydrogens (tertiary/aromatic N) is 2. The second kappa shape index (κ2) is 9.36. The van der Waals surface area contributed by atoms with Gasteiger partial charge in [0.25, 0.3) is 0 Å². The molecule has 2 fully saturated rings. The number of aliphatic imine (C=N–C) groups is 1. The van der Waals surface area contributed by atoms with Crippen LogP contribution < -0.4 is 5.32 Å². The number of aliphatic hydroxyl groups is 1. The highest BCUT2D eigenvalue weighted by Gasteiger charge is 2.25. The van der Waals surface area contributed by atoms with Crippen LogP contribution in [0.3, 0.4) is 0 Å². The van der Waals surface area contributed by atoms with Crippen LogP contribution in [0.5, 0.6) is 0 Å². The van der Waals surface area contributed by atoms with Crippen molar-refractivity contribution in [2.24, 2.45) is 16.8 Å². The van der Waals surface area contributed by atoms with E-state index in [4.69, 9.17) is 9.73 Å². The van der Waals surface area contributed by atoms with E-state index in [1.807, 2.05) is 0 Å². The van der Waals surface area contributed by atoms with Crippen LogP contribution in [0.1, 0.15) is 45.4 Å². The number of rotatable bonds is 6. The Balaban J connectivity index is 1.79. The lowest BCUT2D eigenvalue weighted by Crippen LogP contribution is -2.40. The van der Waals surface area contributed by atoms with Crippen molar-refractivity contribution in [1.29, 1.82) is 0 Å². The number of ether oxygens (including phenoxy) is 1. The maximum Gasteiger partial charge on any atom is 0.193 e. The van der Waals surface area contributed by atoms with Crippen LogP contribution in [-0.4, -0.2) is 62.0 Å². The quantitative estimate of drug-likeness (QED) is 0.581. The smallest absolute Gasteiger partial charge is 0.193 e. The van der Waals surface area contributed by atoms with E-state index >= 15 is 0 Å².